The number of hydrogen-bond donors (Lipinski definition) is 1. The van der Waals surface area contributed by atoms with Gasteiger partial charge in [0.1, 0.15) is 5.75 Å². The fourth-order valence-corrected chi connectivity index (χ4v) is 1.94. The summed E-state index contributed by atoms with van der Waals surface area (Å²) in [6.07, 6.45) is 2.84. The molecule has 20 heavy (non-hydrogen) atoms. The van der Waals surface area contributed by atoms with Crippen LogP contribution >= 0.6 is 11.6 Å². The van der Waals surface area contributed by atoms with Gasteiger partial charge in [-0.05, 0) is 43.2 Å². The van der Waals surface area contributed by atoms with Crippen LogP contribution in [0, 0.1) is 6.92 Å². The predicted octanol–water partition coefficient (Wildman–Crippen LogP) is 4.44. The number of halogens is 1. The zero-order chi connectivity index (χ0) is 14.4. The minimum absolute atomic E-state index is 0.642. The maximum absolute atomic E-state index is 6.04. The largest absolute Gasteiger partial charge is 0.491 e. The molecule has 4 heteroatoms. The first-order valence-electron chi connectivity index (χ1n) is 6.77. The van der Waals surface area contributed by atoms with Gasteiger partial charge in [-0.2, -0.15) is 0 Å². The van der Waals surface area contributed by atoms with Gasteiger partial charge in [0.25, 0.3) is 0 Å². The zero-order valence-electron chi connectivity index (χ0n) is 11.8. The van der Waals surface area contributed by atoms with Crippen molar-refractivity contribution in [2.24, 2.45) is 0 Å². The molecule has 3 nitrogen and oxygen atoms in total. The zero-order valence-corrected chi connectivity index (χ0v) is 12.6. The lowest BCUT2D eigenvalue weighted by atomic mass is 10.2. The maximum Gasteiger partial charge on any atom is 0.142 e. The van der Waals surface area contributed by atoms with Crippen molar-refractivity contribution in [2.45, 2.75) is 26.8 Å². The molecule has 0 aliphatic rings. The van der Waals surface area contributed by atoms with E-state index in [0.29, 0.717) is 18.2 Å². The molecule has 0 unspecified atom stereocenters. The summed E-state index contributed by atoms with van der Waals surface area (Å²) >= 11 is 6.04. The average Bonchev–Trinajstić information content (AvgIpc) is 2.46. The number of hydrogen-bond acceptors (Lipinski definition) is 3. The van der Waals surface area contributed by atoms with Crippen molar-refractivity contribution in [1.29, 1.82) is 0 Å². The highest BCUT2D eigenvalue weighted by atomic mass is 35.5. The number of anilines is 1. The summed E-state index contributed by atoms with van der Waals surface area (Å²) in [7, 11) is 0. The Bertz CT molecular complexity index is 555. The molecule has 1 aromatic heterocycles. The number of pyridine rings is 1. The molecule has 1 heterocycles. The van der Waals surface area contributed by atoms with Crippen LogP contribution in [0.3, 0.4) is 0 Å². The van der Waals surface area contributed by atoms with Crippen LogP contribution < -0.4 is 10.1 Å². The second-order valence-electron chi connectivity index (χ2n) is 4.67. The molecule has 0 fully saturated rings. The Labute approximate surface area is 124 Å². The predicted molar refractivity (Wildman–Crippen MR) is 83.5 cm³/mol. The Hall–Kier alpha value is -1.74. The Balaban J connectivity index is 2.07. The monoisotopic (exact) mass is 290 g/mol. The van der Waals surface area contributed by atoms with Crippen LogP contribution in [0.1, 0.15) is 24.6 Å². The van der Waals surface area contributed by atoms with Crippen molar-refractivity contribution in [1.82, 2.24) is 4.98 Å². The van der Waals surface area contributed by atoms with E-state index in [1.54, 1.807) is 0 Å². The van der Waals surface area contributed by atoms with Crippen LogP contribution in [0.2, 0.25) is 5.02 Å². The normalized spacial score (nSPS) is 10.3. The second kappa shape index (κ2) is 7.15. The molecule has 1 N–H and O–H groups in total. The van der Waals surface area contributed by atoms with Gasteiger partial charge in [0.05, 0.1) is 24.5 Å². The smallest absolute Gasteiger partial charge is 0.142 e. The van der Waals surface area contributed by atoms with Gasteiger partial charge in [0.15, 0.2) is 0 Å². The molecule has 2 aromatic rings. The molecule has 0 spiro atoms. The van der Waals surface area contributed by atoms with Gasteiger partial charge < -0.3 is 10.1 Å². The fourth-order valence-electron chi connectivity index (χ4n) is 1.77. The van der Waals surface area contributed by atoms with Gasteiger partial charge in [-0.15, -0.1) is 0 Å². The molecular formula is C16H19ClN2O. The van der Waals surface area contributed by atoms with E-state index >= 15 is 0 Å². The number of nitrogens with one attached hydrogen (secondary N) is 1. The van der Waals surface area contributed by atoms with Gasteiger partial charge in [-0.25, -0.2) is 0 Å². The van der Waals surface area contributed by atoms with E-state index < -0.39 is 0 Å². The van der Waals surface area contributed by atoms with E-state index in [4.69, 9.17) is 16.3 Å². The third-order valence-electron chi connectivity index (χ3n) is 2.84. The molecule has 0 radical (unpaired) electrons. The van der Waals surface area contributed by atoms with Crippen LogP contribution in [0.25, 0.3) is 0 Å². The average molecular weight is 291 g/mol. The molecule has 2 rings (SSSR count). The maximum atomic E-state index is 6.04. The molecule has 106 valence electrons. The van der Waals surface area contributed by atoms with Gasteiger partial charge in [-0.1, -0.05) is 24.6 Å². The van der Waals surface area contributed by atoms with Crippen molar-refractivity contribution in [3.8, 4) is 5.75 Å². The molecule has 0 amide bonds. The number of benzene rings is 1. The molecule has 1 aromatic carbocycles. The molecule has 0 saturated heterocycles. The van der Waals surface area contributed by atoms with Crippen LogP contribution in [0.5, 0.6) is 5.75 Å². The minimum Gasteiger partial charge on any atom is -0.491 e. The SMILES string of the molecule is CCCOc1ccc(Cl)cc1NCc1ccc(C)cn1. The number of ether oxygens (including phenoxy) is 1. The third-order valence-corrected chi connectivity index (χ3v) is 3.07. The van der Waals surface area contributed by atoms with Gasteiger partial charge in [0, 0.05) is 11.2 Å². The first-order valence-corrected chi connectivity index (χ1v) is 7.14. The van der Waals surface area contributed by atoms with E-state index in [1.165, 1.54) is 0 Å². The third kappa shape index (κ3) is 4.14. The van der Waals surface area contributed by atoms with Crippen molar-refractivity contribution in [3.05, 3.63) is 52.8 Å². The summed E-state index contributed by atoms with van der Waals surface area (Å²) in [6, 6.07) is 9.67. The highest BCUT2D eigenvalue weighted by molar-refractivity contribution is 6.30. The topological polar surface area (TPSA) is 34.1 Å². The van der Waals surface area contributed by atoms with Crippen molar-refractivity contribution in [2.75, 3.05) is 11.9 Å². The van der Waals surface area contributed by atoms with Crippen LogP contribution in [-0.4, -0.2) is 11.6 Å². The van der Waals surface area contributed by atoms with Crippen LogP contribution in [-0.2, 0) is 6.54 Å². The van der Waals surface area contributed by atoms with Gasteiger partial charge in [-0.3, -0.25) is 4.98 Å². The summed E-state index contributed by atoms with van der Waals surface area (Å²) in [4.78, 5) is 4.37. The second-order valence-corrected chi connectivity index (χ2v) is 5.11. The molecule has 0 aliphatic heterocycles. The first-order chi connectivity index (χ1) is 9.69. The Morgan fingerprint density at radius 1 is 1.25 bits per heavy atom. The van der Waals surface area contributed by atoms with Crippen LogP contribution in [0.4, 0.5) is 5.69 Å². The summed E-state index contributed by atoms with van der Waals surface area (Å²) in [5, 5.41) is 4.01. The lowest BCUT2D eigenvalue weighted by molar-refractivity contribution is 0.319. The highest BCUT2D eigenvalue weighted by Crippen LogP contribution is 2.28. The molecule has 0 atom stereocenters. The standard InChI is InChI=1S/C16H19ClN2O/c1-3-8-20-16-7-5-13(17)9-15(16)19-11-14-6-4-12(2)10-18-14/h4-7,9-10,19H,3,8,11H2,1-2H3. The Morgan fingerprint density at radius 2 is 2.10 bits per heavy atom. The fraction of sp³-hybridized carbons (Fsp3) is 0.312. The molecule has 0 bridgehead atoms. The van der Waals surface area contributed by atoms with E-state index in [9.17, 15) is 0 Å². The lowest BCUT2D eigenvalue weighted by Crippen LogP contribution is -2.04. The van der Waals surface area contributed by atoms with Crippen molar-refractivity contribution >= 4 is 17.3 Å². The highest BCUT2D eigenvalue weighted by Gasteiger charge is 2.05. The van der Waals surface area contributed by atoms with Gasteiger partial charge in [0.2, 0.25) is 0 Å². The van der Waals surface area contributed by atoms with E-state index in [2.05, 4.69) is 23.3 Å². The summed E-state index contributed by atoms with van der Waals surface area (Å²) in [6.45, 7) is 5.44. The summed E-state index contributed by atoms with van der Waals surface area (Å²) in [5.41, 5.74) is 3.04. The van der Waals surface area contributed by atoms with Crippen molar-refractivity contribution < 1.29 is 4.74 Å². The lowest BCUT2D eigenvalue weighted by Gasteiger charge is -2.13. The van der Waals surface area contributed by atoms with E-state index in [0.717, 1.165) is 29.1 Å². The van der Waals surface area contributed by atoms with E-state index in [1.807, 2.05) is 37.4 Å². The molecular weight excluding hydrogens is 272 g/mol. The van der Waals surface area contributed by atoms with Crippen molar-refractivity contribution in [3.63, 3.8) is 0 Å². The minimum atomic E-state index is 0.642. The Kier molecular flexibility index (Phi) is 5.24. The molecule has 0 aliphatic carbocycles. The van der Waals surface area contributed by atoms with E-state index in [-0.39, 0.29) is 0 Å². The number of aryl methyl sites for hydroxylation is 1. The van der Waals surface area contributed by atoms with Crippen LogP contribution in [0.15, 0.2) is 36.5 Å². The first kappa shape index (κ1) is 14.7. The molecule has 0 saturated carbocycles. The summed E-state index contributed by atoms with van der Waals surface area (Å²) < 4.78 is 5.71. The number of nitrogens with zero attached hydrogens (tertiary/aromatic N) is 1. The number of rotatable bonds is 6. The summed E-state index contributed by atoms with van der Waals surface area (Å²) in [5.74, 6) is 0.823. The quantitative estimate of drug-likeness (QED) is 0.854. The van der Waals surface area contributed by atoms with Gasteiger partial charge >= 0.3 is 0 Å². The number of aromatic nitrogens is 1. The Morgan fingerprint density at radius 3 is 2.80 bits per heavy atom.